The van der Waals surface area contributed by atoms with E-state index in [1.807, 2.05) is 14.0 Å². The fourth-order valence-electron chi connectivity index (χ4n) is 2.06. The lowest BCUT2D eigenvalue weighted by Gasteiger charge is -1.99. The molecule has 0 fully saturated rings. The molecule has 3 aromatic rings. The van der Waals surface area contributed by atoms with E-state index in [0.717, 1.165) is 4.80 Å². The number of nitrogens with zero attached hydrogens (tertiary/aromatic N) is 3. The van der Waals surface area contributed by atoms with E-state index in [-0.39, 0.29) is 0 Å². The van der Waals surface area contributed by atoms with Crippen LogP contribution in [0.4, 0.5) is 0 Å². The van der Waals surface area contributed by atoms with Crippen LogP contribution in [0, 0.1) is 0 Å². The van der Waals surface area contributed by atoms with Gasteiger partial charge in [-0.2, -0.15) is 5.10 Å². The standard InChI is InChI=1S/C14H13N3S/c1-3-15-16-14-17(2)12-9-8-10-6-4-5-7-11(10)13(12)18-14/h3-9H,1-2H3/b15-3-,16-14-. The Morgan fingerprint density at radius 2 is 2.00 bits per heavy atom. The molecule has 1 aromatic heterocycles. The molecule has 0 saturated heterocycles. The summed E-state index contributed by atoms with van der Waals surface area (Å²) in [6.07, 6.45) is 1.70. The normalized spacial score (nSPS) is 13.1. The summed E-state index contributed by atoms with van der Waals surface area (Å²) in [7, 11) is 2.03. The van der Waals surface area contributed by atoms with Crippen molar-refractivity contribution in [3.05, 3.63) is 41.2 Å². The highest BCUT2D eigenvalue weighted by Gasteiger charge is 2.06. The first-order chi connectivity index (χ1) is 8.81. The van der Waals surface area contributed by atoms with Gasteiger partial charge in [0.2, 0.25) is 4.80 Å². The van der Waals surface area contributed by atoms with E-state index >= 15 is 0 Å². The average Bonchev–Trinajstić information content (AvgIpc) is 2.74. The van der Waals surface area contributed by atoms with Crippen molar-refractivity contribution in [2.45, 2.75) is 6.92 Å². The molecule has 3 nitrogen and oxygen atoms in total. The van der Waals surface area contributed by atoms with Gasteiger partial charge in [0.15, 0.2) is 0 Å². The Kier molecular flexibility index (Phi) is 2.72. The minimum absolute atomic E-state index is 0.916. The minimum Gasteiger partial charge on any atom is -0.318 e. The van der Waals surface area contributed by atoms with Gasteiger partial charge >= 0.3 is 0 Å². The Morgan fingerprint density at radius 1 is 1.17 bits per heavy atom. The summed E-state index contributed by atoms with van der Waals surface area (Å²) < 4.78 is 3.35. The van der Waals surface area contributed by atoms with Crippen molar-refractivity contribution in [2.24, 2.45) is 17.3 Å². The first-order valence-corrected chi connectivity index (χ1v) is 6.62. The van der Waals surface area contributed by atoms with Crippen LogP contribution in [0.25, 0.3) is 21.0 Å². The average molecular weight is 255 g/mol. The largest absolute Gasteiger partial charge is 0.318 e. The molecule has 0 aliphatic heterocycles. The molecule has 90 valence electrons. The van der Waals surface area contributed by atoms with Crippen molar-refractivity contribution in [2.75, 3.05) is 0 Å². The van der Waals surface area contributed by atoms with Gasteiger partial charge in [0.25, 0.3) is 0 Å². The summed E-state index contributed by atoms with van der Waals surface area (Å²) >= 11 is 1.68. The maximum absolute atomic E-state index is 4.22. The lowest BCUT2D eigenvalue weighted by Crippen LogP contribution is -2.08. The molecule has 1 heterocycles. The summed E-state index contributed by atoms with van der Waals surface area (Å²) in [6, 6.07) is 12.7. The molecule has 4 heteroatoms. The molecule has 0 spiro atoms. The summed E-state index contributed by atoms with van der Waals surface area (Å²) in [5.41, 5.74) is 1.20. The molecule has 2 aromatic carbocycles. The van der Waals surface area contributed by atoms with Gasteiger partial charge in [-0.15, -0.1) is 5.10 Å². The van der Waals surface area contributed by atoms with Crippen molar-refractivity contribution >= 4 is 38.5 Å². The van der Waals surface area contributed by atoms with Crippen molar-refractivity contribution < 1.29 is 0 Å². The number of aromatic nitrogens is 1. The highest BCUT2D eigenvalue weighted by molar-refractivity contribution is 7.17. The Morgan fingerprint density at radius 3 is 2.83 bits per heavy atom. The second kappa shape index (κ2) is 4.38. The van der Waals surface area contributed by atoms with Gasteiger partial charge in [0, 0.05) is 18.6 Å². The third-order valence-electron chi connectivity index (χ3n) is 2.96. The van der Waals surface area contributed by atoms with Crippen LogP contribution in [0.5, 0.6) is 0 Å². The molecule has 0 saturated carbocycles. The van der Waals surface area contributed by atoms with Gasteiger partial charge in [0.05, 0.1) is 10.2 Å². The SMILES string of the molecule is C/C=N\N=c1/sc2c3ccccc3ccc2n1C. The molecule has 0 bridgehead atoms. The quantitative estimate of drug-likeness (QED) is 0.472. The second-order valence-corrected chi connectivity index (χ2v) is 5.03. The van der Waals surface area contributed by atoms with Gasteiger partial charge in [-0.25, -0.2) is 0 Å². The number of rotatable bonds is 1. The molecule has 0 aliphatic rings. The predicted molar refractivity (Wildman–Crippen MR) is 78.0 cm³/mol. The number of hydrogen-bond acceptors (Lipinski definition) is 3. The van der Waals surface area contributed by atoms with E-state index in [4.69, 9.17) is 0 Å². The number of thiazole rings is 1. The third kappa shape index (κ3) is 1.66. The predicted octanol–water partition coefficient (Wildman–Crippen LogP) is 3.30. The second-order valence-electron chi connectivity index (χ2n) is 4.05. The zero-order valence-corrected chi connectivity index (χ0v) is 11.1. The van der Waals surface area contributed by atoms with Crippen LogP contribution >= 0.6 is 11.3 Å². The number of hydrogen-bond donors (Lipinski definition) is 0. The summed E-state index contributed by atoms with van der Waals surface area (Å²) in [6.45, 7) is 1.87. The molecule has 0 N–H and O–H groups in total. The first kappa shape index (κ1) is 11.2. The van der Waals surface area contributed by atoms with Crippen LogP contribution in [-0.2, 0) is 7.05 Å². The summed E-state index contributed by atoms with van der Waals surface area (Å²) in [5.74, 6) is 0. The lowest BCUT2D eigenvalue weighted by molar-refractivity contribution is 0.889. The van der Waals surface area contributed by atoms with Crippen LogP contribution in [0.3, 0.4) is 0 Å². The molecule has 0 unspecified atom stereocenters. The Bertz CT molecular complexity index is 809. The van der Waals surface area contributed by atoms with E-state index in [1.165, 1.54) is 21.0 Å². The monoisotopic (exact) mass is 255 g/mol. The minimum atomic E-state index is 0.916. The number of fused-ring (bicyclic) bond motifs is 3. The van der Waals surface area contributed by atoms with Crippen LogP contribution in [0.15, 0.2) is 46.6 Å². The molecular weight excluding hydrogens is 242 g/mol. The number of benzene rings is 2. The summed E-state index contributed by atoms with van der Waals surface area (Å²) in [5, 5.41) is 10.7. The maximum atomic E-state index is 4.22. The topological polar surface area (TPSA) is 29.6 Å². The van der Waals surface area contributed by atoms with E-state index < -0.39 is 0 Å². The van der Waals surface area contributed by atoms with Crippen LogP contribution < -0.4 is 4.80 Å². The van der Waals surface area contributed by atoms with Crippen molar-refractivity contribution in [3.63, 3.8) is 0 Å². The van der Waals surface area contributed by atoms with Crippen LogP contribution in [0.2, 0.25) is 0 Å². The van der Waals surface area contributed by atoms with E-state index in [2.05, 4.69) is 51.2 Å². The van der Waals surface area contributed by atoms with Crippen molar-refractivity contribution in [1.29, 1.82) is 0 Å². The molecule has 18 heavy (non-hydrogen) atoms. The van der Waals surface area contributed by atoms with E-state index in [0.29, 0.717) is 0 Å². The van der Waals surface area contributed by atoms with Crippen LogP contribution in [0.1, 0.15) is 6.92 Å². The Balaban J connectivity index is 2.46. The number of aryl methyl sites for hydroxylation is 1. The van der Waals surface area contributed by atoms with Gasteiger partial charge in [0.1, 0.15) is 0 Å². The maximum Gasteiger partial charge on any atom is 0.211 e. The molecule has 3 rings (SSSR count). The smallest absolute Gasteiger partial charge is 0.211 e. The summed E-state index contributed by atoms with van der Waals surface area (Å²) in [4.78, 5) is 0.916. The molecule has 0 amide bonds. The lowest BCUT2D eigenvalue weighted by atomic mass is 10.1. The zero-order valence-electron chi connectivity index (χ0n) is 10.3. The highest BCUT2D eigenvalue weighted by Crippen LogP contribution is 2.26. The van der Waals surface area contributed by atoms with Gasteiger partial charge in [-0.1, -0.05) is 41.7 Å². The van der Waals surface area contributed by atoms with Crippen molar-refractivity contribution in [1.82, 2.24) is 4.57 Å². The Hall–Kier alpha value is -1.94. The molecular formula is C14H13N3S. The zero-order chi connectivity index (χ0) is 12.5. The van der Waals surface area contributed by atoms with Crippen LogP contribution in [-0.4, -0.2) is 10.8 Å². The van der Waals surface area contributed by atoms with Gasteiger partial charge < -0.3 is 4.57 Å². The van der Waals surface area contributed by atoms with Gasteiger partial charge in [-0.05, 0) is 18.4 Å². The van der Waals surface area contributed by atoms with E-state index in [9.17, 15) is 0 Å². The third-order valence-corrected chi connectivity index (χ3v) is 4.13. The van der Waals surface area contributed by atoms with Gasteiger partial charge in [-0.3, -0.25) is 0 Å². The van der Waals surface area contributed by atoms with E-state index in [1.54, 1.807) is 17.6 Å². The first-order valence-electron chi connectivity index (χ1n) is 5.80. The van der Waals surface area contributed by atoms with Crippen molar-refractivity contribution in [3.8, 4) is 0 Å². The molecule has 0 aliphatic carbocycles. The highest BCUT2D eigenvalue weighted by atomic mass is 32.1. The molecule has 0 radical (unpaired) electrons. The Labute approximate surface area is 109 Å². The molecule has 0 atom stereocenters. The fourth-order valence-corrected chi connectivity index (χ4v) is 3.17. The fraction of sp³-hybridized carbons (Fsp3) is 0.143.